The fraction of sp³-hybridized carbons (Fsp3) is 0. The SMILES string of the molecule is C=Nc1[nH]ncc1-c1ccc(-n2cccn2)nc1. The van der Waals surface area contributed by atoms with E-state index in [1.54, 1.807) is 23.3 Å². The van der Waals surface area contributed by atoms with Crippen LogP contribution >= 0.6 is 0 Å². The molecule has 88 valence electrons. The van der Waals surface area contributed by atoms with E-state index in [1.165, 1.54) is 0 Å². The number of pyridine rings is 1. The number of nitrogens with zero attached hydrogens (tertiary/aromatic N) is 5. The van der Waals surface area contributed by atoms with Crippen molar-refractivity contribution >= 4 is 12.5 Å². The van der Waals surface area contributed by atoms with Gasteiger partial charge in [-0.3, -0.25) is 5.10 Å². The van der Waals surface area contributed by atoms with Crippen molar-refractivity contribution < 1.29 is 0 Å². The van der Waals surface area contributed by atoms with Crippen LogP contribution < -0.4 is 0 Å². The zero-order chi connectivity index (χ0) is 12.4. The first-order chi connectivity index (χ1) is 8.88. The molecule has 0 fully saturated rings. The summed E-state index contributed by atoms with van der Waals surface area (Å²) in [6, 6.07) is 5.69. The smallest absolute Gasteiger partial charge is 0.155 e. The molecule has 3 heterocycles. The molecule has 6 heteroatoms. The summed E-state index contributed by atoms with van der Waals surface area (Å²) in [5, 5.41) is 10.8. The predicted octanol–water partition coefficient (Wildman–Crippen LogP) is 1.99. The summed E-state index contributed by atoms with van der Waals surface area (Å²) in [6.07, 6.45) is 7.02. The Morgan fingerprint density at radius 2 is 2.22 bits per heavy atom. The lowest BCUT2D eigenvalue weighted by atomic mass is 10.1. The molecule has 0 saturated heterocycles. The van der Waals surface area contributed by atoms with Crippen LogP contribution in [0.5, 0.6) is 0 Å². The van der Waals surface area contributed by atoms with Crippen molar-refractivity contribution in [2.75, 3.05) is 0 Å². The van der Waals surface area contributed by atoms with Gasteiger partial charge in [0.15, 0.2) is 11.6 Å². The van der Waals surface area contributed by atoms with Crippen LogP contribution in [0.3, 0.4) is 0 Å². The summed E-state index contributed by atoms with van der Waals surface area (Å²) in [5.41, 5.74) is 1.81. The lowest BCUT2D eigenvalue weighted by Crippen LogP contribution is -1.96. The van der Waals surface area contributed by atoms with Crippen LogP contribution in [0.25, 0.3) is 16.9 Å². The molecule has 0 aliphatic heterocycles. The van der Waals surface area contributed by atoms with Crippen molar-refractivity contribution in [1.29, 1.82) is 0 Å². The third-order valence-electron chi connectivity index (χ3n) is 2.58. The number of aromatic amines is 1. The third-order valence-corrected chi connectivity index (χ3v) is 2.58. The highest BCUT2D eigenvalue weighted by atomic mass is 15.3. The molecule has 0 aliphatic rings. The van der Waals surface area contributed by atoms with Gasteiger partial charge >= 0.3 is 0 Å². The highest BCUT2D eigenvalue weighted by Gasteiger charge is 2.07. The number of H-pyrrole nitrogens is 1. The van der Waals surface area contributed by atoms with Crippen LogP contribution in [-0.4, -0.2) is 31.7 Å². The van der Waals surface area contributed by atoms with Crippen LogP contribution in [0.1, 0.15) is 0 Å². The molecule has 0 atom stereocenters. The van der Waals surface area contributed by atoms with E-state index >= 15 is 0 Å². The Bertz CT molecular complexity index is 650. The van der Waals surface area contributed by atoms with Gasteiger partial charge in [0.2, 0.25) is 0 Å². The van der Waals surface area contributed by atoms with E-state index in [4.69, 9.17) is 0 Å². The van der Waals surface area contributed by atoms with Gasteiger partial charge < -0.3 is 0 Å². The fourth-order valence-corrected chi connectivity index (χ4v) is 1.70. The van der Waals surface area contributed by atoms with Crippen molar-refractivity contribution in [2.45, 2.75) is 0 Å². The van der Waals surface area contributed by atoms with Crippen molar-refractivity contribution in [3.63, 3.8) is 0 Å². The van der Waals surface area contributed by atoms with Gasteiger partial charge in [0.1, 0.15) is 0 Å². The molecule has 3 aromatic rings. The van der Waals surface area contributed by atoms with Crippen molar-refractivity contribution in [1.82, 2.24) is 25.0 Å². The first-order valence-electron chi connectivity index (χ1n) is 5.35. The lowest BCUT2D eigenvalue weighted by Gasteiger charge is -2.02. The number of nitrogens with one attached hydrogen (secondary N) is 1. The van der Waals surface area contributed by atoms with E-state index in [9.17, 15) is 0 Å². The Morgan fingerprint density at radius 1 is 1.28 bits per heavy atom. The zero-order valence-corrected chi connectivity index (χ0v) is 9.48. The van der Waals surface area contributed by atoms with Gasteiger partial charge in [0.05, 0.1) is 6.20 Å². The van der Waals surface area contributed by atoms with Crippen LogP contribution in [0.2, 0.25) is 0 Å². The summed E-state index contributed by atoms with van der Waals surface area (Å²) < 4.78 is 1.70. The van der Waals surface area contributed by atoms with Gasteiger partial charge in [-0.25, -0.2) is 14.7 Å². The molecule has 6 nitrogen and oxygen atoms in total. The van der Waals surface area contributed by atoms with Crippen LogP contribution in [-0.2, 0) is 0 Å². The fourth-order valence-electron chi connectivity index (χ4n) is 1.70. The molecule has 18 heavy (non-hydrogen) atoms. The molecule has 0 radical (unpaired) electrons. The lowest BCUT2D eigenvalue weighted by molar-refractivity contribution is 0.847. The number of hydrogen-bond acceptors (Lipinski definition) is 4. The summed E-state index contributed by atoms with van der Waals surface area (Å²) >= 11 is 0. The molecule has 0 saturated carbocycles. The number of hydrogen-bond donors (Lipinski definition) is 1. The van der Waals surface area contributed by atoms with Crippen molar-refractivity contribution in [3.8, 4) is 16.9 Å². The molecule has 0 amide bonds. The summed E-state index contributed by atoms with van der Waals surface area (Å²) in [5.74, 6) is 1.41. The Labute approximate surface area is 103 Å². The van der Waals surface area contributed by atoms with E-state index in [2.05, 4.69) is 32.0 Å². The topological polar surface area (TPSA) is 71.8 Å². The molecule has 3 aromatic heterocycles. The largest absolute Gasteiger partial charge is 0.261 e. The molecular weight excluding hydrogens is 228 g/mol. The third kappa shape index (κ3) is 1.69. The first-order valence-corrected chi connectivity index (χ1v) is 5.35. The maximum atomic E-state index is 4.35. The van der Waals surface area contributed by atoms with Crippen molar-refractivity contribution in [2.24, 2.45) is 4.99 Å². The molecule has 0 bridgehead atoms. The highest BCUT2D eigenvalue weighted by Crippen LogP contribution is 2.27. The van der Waals surface area contributed by atoms with Gasteiger partial charge in [-0.15, -0.1) is 0 Å². The van der Waals surface area contributed by atoms with Gasteiger partial charge in [-0.2, -0.15) is 10.2 Å². The average molecular weight is 238 g/mol. The summed E-state index contributed by atoms with van der Waals surface area (Å²) in [4.78, 5) is 8.22. The Morgan fingerprint density at radius 3 is 2.89 bits per heavy atom. The van der Waals surface area contributed by atoms with Gasteiger partial charge in [0, 0.05) is 29.7 Å². The first kappa shape index (κ1) is 10.4. The van der Waals surface area contributed by atoms with E-state index < -0.39 is 0 Å². The highest BCUT2D eigenvalue weighted by molar-refractivity contribution is 5.73. The molecule has 1 N–H and O–H groups in total. The normalized spacial score (nSPS) is 10.4. The standard InChI is InChI=1S/C12H10N6/c1-13-12-10(8-15-17-12)9-3-4-11(14-7-9)18-6-2-5-16-18/h2-8H,1H2,(H,15,17). The second kappa shape index (κ2) is 4.25. The summed E-state index contributed by atoms with van der Waals surface area (Å²) in [6.45, 7) is 3.49. The van der Waals surface area contributed by atoms with Crippen molar-refractivity contribution in [3.05, 3.63) is 43.0 Å². The number of aliphatic imine (C=N–C) groups is 1. The minimum Gasteiger partial charge on any atom is -0.261 e. The Kier molecular flexibility index (Phi) is 2.45. The predicted molar refractivity (Wildman–Crippen MR) is 68.1 cm³/mol. The molecule has 0 unspecified atom stereocenters. The van der Waals surface area contributed by atoms with Gasteiger partial charge in [-0.05, 0) is 24.9 Å². The van der Waals surface area contributed by atoms with E-state index in [0.717, 1.165) is 16.9 Å². The van der Waals surface area contributed by atoms with Gasteiger partial charge in [0.25, 0.3) is 0 Å². The Balaban J connectivity index is 1.99. The van der Waals surface area contributed by atoms with E-state index in [1.807, 2.05) is 24.4 Å². The number of rotatable bonds is 3. The molecule has 0 spiro atoms. The maximum Gasteiger partial charge on any atom is 0.155 e. The second-order valence-corrected chi connectivity index (χ2v) is 3.65. The Hall–Kier alpha value is -2.76. The average Bonchev–Trinajstić information content (AvgIpc) is 3.10. The van der Waals surface area contributed by atoms with Crippen LogP contribution in [0.15, 0.2) is 48.0 Å². The van der Waals surface area contributed by atoms with E-state index in [-0.39, 0.29) is 0 Å². The van der Waals surface area contributed by atoms with Crippen LogP contribution in [0.4, 0.5) is 5.82 Å². The second-order valence-electron chi connectivity index (χ2n) is 3.65. The van der Waals surface area contributed by atoms with Gasteiger partial charge in [-0.1, -0.05) is 0 Å². The summed E-state index contributed by atoms with van der Waals surface area (Å²) in [7, 11) is 0. The number of aromatic nitrogens is 5. The van der Waals surface area contributed by atoms with Crippen LogP contribution in [0, 0.1) is 0 Å². The minimum atomic E-state index is 0.642. The molecular formula is C12H10N6. The zero-order valence-electron chi connectivity index (χ0n) is 9.48. The maximum absolute atomic E-state index is 4.35. The van der Waals surface area contributed by atoms with E-state index in [0.29, 0.717) is 5.82 Å². The monoisotopic (exact) mass is 238 g/mol. The molecule has 3 rings (SSSR count). The molecule has 0 aromatic carbocycles. The quantitative estimate of drug-likeness (QED) is 0.709. The minimum absolute atomic E-state index is 0.642. The molecule has 0 aliphatic carbocycles.